The van der Waals surface area contributed by atoms with Gasteiger partial charge in [-0.05, 0) is 62.3 Å². The molecule has 0 aliphatic carbocycles. The average Bonchev–Trinajstić information content (AvgIpc) is 2.91. The first-order valence-corrected chi connectivity index (χ1v) is 8.39. The van der Waals surface area contributed by atoms with Gasteiger partial charge < -0.3 is 0 Å². The summed E-state index contributed by atoms with van der Waals surface area (Å²) in [5.74, 6) is 0. The predicted molar refractivity (Wildman–Crippen MR) is 97.5 cm³/mol. The molecule has 96 valence electrons. The Labute approximate surface area is 135 Å². The highest BCUT2D eigenvalue weighted by atomic mass is 127. The number of hydrogen-bond acceptors (Lipinski definition) is 1. The molecule has 0 saturated carbocycles. The lowest BCUT2D eigenvalue weighted by Gasteiger charge is -2.10. The third-order valence-corrected chi connectivity index (χ3v) is 5.50. The van der Waals surface area contributed by atoms with Gasteiger partial charge in [0, 0.05) is 10.4 Å². The van der Waals surface area contributed by atoms with Gasteiger partial charge in [0.15, 0.2) is 0 Å². The maximum Gasteiger partial charge on any atom is 0.0660 e. The van der Waals surface area contributed by atoms with E-state index in [2.05, 4.69) is 89.3 Å². The zero-order chi connectivity index (χ0) is 13.5. The van der Waals surface area contributed by atoms with Gasteiger partial charge >= 0.3 is 0 Å². The lowest BCUT2D eigenvalue weighted by Crippen LogP contribution is -1.82. The minimum atomic E-state index is 1.31. The Hall–Kier alpha value is -1.39. The SMILES string of the molecule is Ic1ccc(-c2c3ccccc3cc3ccccc23)s1. The summed E-state index contributed by atoms with van der Waals surface area (Å²) < 4.78 is 1.33. The quantitative estimate of drug-likeness (QED) is 0.265. The second kappa shape index (κ2) is 4.86. The van der Waals surface area contributed by atoms with E-state index in [-0.39, 0.29) is 0 Å². The molecular formula is C18H11IS. The van der Waals surface area contributed by atoms with Gasteiger partial charge in [0.1, 0.15) is 0 Å². The number of halogens is 1. The highest BCUT2D eigenvalue weighted by Crippen LogP contribution is 2.39. The van der Waals surface area contributed by atoms with E-state index in [4.69, 9.17) is 0 Å². The van der Waals surface area contributed by atoms with Gasteiger partial charge in [0.25, 0.3) is 0 Å². The molecule has 1 heterocycles. The predicted octanol–water partition coefficient (Wildman–Crippen LogP) is 6.33. The van der Waals surface area contributed by atoms with E-state index in [1.807, 2.05) is 11.3 Å². The van der Waals surface area contributed by atoms with Crippen LogP contribution in [0.3, 0.4) is 0 Å². The molecule has 0 N–H and O–H groups in total. The largest absolute Gasteiger partial charge is 0.129 e. The van der Waals surface area contributed by atoms with E-state index in [0.717, 1.165) is 0 Å². The smallest absolute Gasteiger partial charge is 0.0660 e. The summed E-state index contributed by atoms with van der Waals surface area (Å²) in [6.07, 6.45) is 0. The molecule has 1 aromatic heterocycles. The Morgan fingerprint density at radius 3 is 1.85 bits per heavy atom. The Balaban J connectivity index is 2.23. The second-order valence-corrected chi connectivity index (χ2v) is 7.78. The molecule has 0 aliphatic heterocycles. The molecule has 20 heavy (non-hydrogen) atoms. The number of hydrogen-bond donors (Lipinski definition) is 0. The number of rotatable bonds is 1. The van der Waals surface area contributed by atoms with Crippen molar-refractivity contribution in [2.24, 2.45) is 0 Å². The highest BCUT2D eigenvalue weighted by Gasteiger charge is 2.10. The zero-order valence-electron chi connectivity index (χ0n) is 10.6. The third kappa shape index (κ3) is 1.95. The van der Waals surface area contributed by atoms with Crippen LogP contribution in [0.15, 0.2) is 66.7 Å². The van der Waals surface area contributed by atoms with Crippen LogP contribution in [0.5, 0.6) is 0 Å². The maximum atomic E-state index is 2.39. The van der Waals surface area contributed by atoms with E-state index in [1.54, 1.807) is 0 Å². The summed E-state index contributed by atoms with van der Waals surface area (Å²) in [5, 5.41) is 5.29. The molecule has 0 saturated heterocycles. The molecule has 3 aromatic carbocycles. The molecule has 0 nitrogen and oxygen atoms in total. The van der Waals surface area contributed by atoms with Gasteiger partial charge in [-0.3, -0.25) is 0 Å². The van der Waals surface area contributed by atoms with Crippen LogP contribution >= 0.6 is 33.9 Å². The minimum absolute atomic E-state index is 1.31. The molecule has 4 rings (SSSR count). The lowest BCUT2D eigenvalue weighted by atomic mass is 9.96. The Morgan fingerprint density at radius 1 is 0.700 bits per heavy atom. The maximum absolute atomic E-state index is 2.39. The van der Waals surface area contributed by atoms with Gasteiger partial charge in [-0.2, -0.15) is 0 Å². The first-order chi connectivity index (χ1) is 9.83. The molecule has 0 unspecified atom stereocenters. The van der Waals surface area contributed by atoms with Crippen molar-refractivity contribution in [1.29, 1.82) is 0 Å². The summed E-state index contributed by atoms with van der Waals surface area (Å²) in [7, 11) is 0. The first kappa shape index (κ1) is 12.4. The minimum Gasteiger partial charge on any atom is -0.129 e. The zero-order valence-corrected chi connectivity index (χ0v) is 13.6. The van der Waals surface area contributed by atoms with E-state index in [1.165, 1.54) is 34.9 Å². The fraction of sp³-hybridized carbons (Fsp3) is 0. The molecular weight excluding hydrogens is 375 g/mol. The van der Waals surface area contributed by atoms with Crippen molar-refractivity contribution < 1.29 is 0 Å². The van der Waals surface area contributed by atoms with Gasteiger partial charge in [0.2, 0.25) is 0 Å². The van der Waals surface area contributed by atoms with E-state index >= 15 is 0 Å². The van der Waals surface area contributed by atoms with Crippen molar-refractivity contribution >= 4 is 55.5 Å². The van der Waals surface area contributed by atoms with Gasteiger partial charge in [-0.15, -0.1) is 11.3 Å². The summed E-state index contributed by atoms with van der Waals surface area (Å²) >= 11 is 4.25. The van der Waals surface area contributed by atoms with Crippen LogP contribution in [0.25, 0.3) is 32.0 Å². The van der Waals surface area contributed by atoms with Crippen molar-refractivity contribution in [2.45, 2.75) is 0 Å². The molecule has 2 heteroatoms. The summed E-state index contributed by atoms with van der Waals surface area (Å²) in [6.45, 7) is 0. The van der Waals surface area contributed by atoms with Crippen molar-refractivity contribution in [2.75, 3.05) is 0 Å². The van der Waals surface area contributed by atoms with Gasteiger partial charge in [-0.1, -0.05) is 48.5 Å². The fourth-order valence-corrected chi connectivity index (χ4v) is 4.42. The molecule has 4 aromatic rings. The number of benzene rings is 3. The van der Waals surface area contributed by atoms with Gasteiger partial charge in [0.05, 0.1) is 2.88 Å². The van der Waals surface area contributed by atoms with Crippen LogP contribution in [-0.4, -0.2) is 0 Å². The van der Waals surface area contributed by atoms with Crippen LogP contribution in [0.4, 0.5) is 0 Å². The number of fused-ring (bicyclic) bond motifs is 2. The van der Waals surface area contributed by atoms with Crippen molar-refractivity contribution in [3.63, 3.8) is 0 Å². The fourth-order valence-electron chi connectivity index (χ4n) is 2.73. The standard InChI is InChI=1S/C18H11IS/c19-17-10-9-16(20-17)18-14-7-3-1-5-12(14)11-13-6-2-4-8-15(13)18/h1-11H. The Bertz CT molecular complexity index is 867. The van der Waals surface area contributed by atoms with Crippen LogP contribution in [0.2, 0.25) is 0 Å². The summed E-state index contributed by atoms with van der Waals surface area (Å²) in [6, 6.07) is 24.0. The van der Waals surface area contributed by atoms with Crippen LogP contribution in [-0.2, 0) is 0 Å². The van der Waals surface area contributed by atoms with Crippen LogP contribution in [0, 0.1) is 2.88 Å². The van der Waals surface area contributed by atoms with E-state index < -0.39 is 0 Å². The van der Waals surface area contributed by atoms with Crippen LogP contribution < -0.4 is 0 Å². The van der Waals surface area contributed by atoms with Crippen LogP contribution in [0.1, 0.15) is 0 Å². The summed E-state index contributed by atoms with van der Waals surface area (Å²) in [4.78, 5) is 1.35. The topological polar surface area (TPSA) is 0 Å². The second-order valence-electron chi connectivity index (χ2n) is 4.80. The Kier molecular flexibility index (Phi) is 3.00. The summed E-state index contributed by atoms with van der Waals surface area (Å²) in [5.41, 5.74) is 1.37. The third-order valence-electron chi connectivity index (χ3n) is 3.59. The molecule has 0 amide bonds. The lowest BCUT2D eigenvalue weighted by molar-refractivity contribution is 1.75. The van der Waals surface area contributed by atoms with Crippen molar-refractivity contribution in [1.82, 2.24) is 0 Å². The normalized spacial score (nSPS) is 11.2. The first-order valence-electron chi connectivity index (χ1n) is 6.49. The Morgan fingerprint density at radius 2 is 1.30 bits per heavy atom. The number of thiophene rings is 1. The molecule has 0 bridgehead atoms. The molecule has 0 spiro atoms. The molecule has 0 aliphatic rings. The van der Waals surface area contributed by atoms with Crippen molar-refractivity contribution in [3.05, 3.63) is 69.6 Å². The molecule has 0 fully saturated rings. The highest BCUT2D eigenvalue weighted by molar-refractivity contribution is 14.1. The average molecular weight is 386 g/mol. The van der Waals surface area contributed by atoms with E-state index in [9.17, 15) is 0 Å². The van der Waals surface area contributed by atoms with Crippen molar-refractivity contribution in [3.8, 4) is 10.4 Å². The molecule has 0 atom stereocenters. The van der Waals surface area contributed by atoms with Gasteiger partial charge in [-0.25, -0.2) is 0 Å². The molecule has 0 radical (unpaired) electrons. The van der Waals surface area contributed by atoms with E-state index in [0.29, 0.717) is 0 Å². The monoisotopic (exact) mass is 386 g/mol.